The molecule has 1 aliphatic heterocycles. The van der Waals surface area contributed by atoms with Gasteiger partial charge in [-0.15, -0.1) is 0 Å². The molecule has 0 saturated carbocycles. The van der Waals surface area contributed by atoms with Gasteiger partial charge in [0.2, 0.25) is 15.9 Å². The number of nitrogens with one attached hydrogen (secondary N) is 1. The Morgan fingerprint density at radius 3 is 2.38 bits per heavy atom. The number of carbonyl (C=O) groups excluding carboxylic acids is 1. The molecule has 0 aromatic heterocycles. The van der Waals surface area contributed by atoms with Gasteiger partial charge in [-0.3, -0.25) is 4.79 Å². The Kier molecular flexibility index (Phi) is 7.88. The van der Waals surface area contributed by atoms with Crippen molar-refractivity contribution in [3.8, 4) is 0 Å². The molecule has 0 spiro atoms. The summed E-state index contributed by atoms with van der Waals surface area (Å²) in [6, 6.07) is 4.34. The van der Waals surface area contributed by atoms with Crippen LogP contribution in [0.5, 0.6) is 0 Å². The quantitative estimate of drug-likeness (QED) is 0.794. The number of anilines is 1. The number of rotatable bonds is 6. The first kappa shape index (κ1) is 21.2. The summed E-state index contributed by atoms with van der Waals surface area (Å²) >= 11 is 6.12. The van der Waals surface area contributed by atoms with E-state index in [1.807, 2.05) is 0 Å². The largest absolute Gasteiger partial charge is 0.325 e. The van der Waals surface area contributed by atoms with Crippen LogP contribution in [-0.4, -0.2) is 57.3 Å². The van der Waals surface area contributed by atoms with Gasteiger partial charge in [0, 0.05) is 27.1 Å². The van der Waals surface area contributed by atoms with E-state index in [0.29, 0.717) is 23.7 Å². The number of hydrogen-bond acceptors (Lipinski definition) is 4. The van der Waals surface area contributed by atoms with Crippen LogP contribution in [-0.2, 0) is 14.8 Å². The van der Waals surface area contributed by atoms with E-state index in [1.165, 1.54) is 64.4 Å². The van der Waals surface area contributed by atoms with Crippen molar-refractivity contribution in [2.45, 2.75) is 43.4 Å². The van der Waals surface area contributed by atoms with E-state index in [4.69, 9.17) is 11.6 Å². The normalized spacial score (nSPS) is 16.9. The lowest BCUT2D eigenvalue weighted by atomic mass is 10.1. The molecule has 146 valence electrons. The van der Waals surface area contributed by atoms with Crippen LogP contribution in [0.25, 0.3) is 0 Å². The third kappa shape index (κ3) is 5.94. The Morgan fingerprint density at radius 2 is 1.77 bits per heavy atom. The summed E-state index contributed by atoms with van der Waals surface area (Å²) in [6.07, 6.45) is 6.53. The zero-order chi connectivity index (χ0) is 19.2. The molecule has 1 aliphatic rings. The highest BCUT2D eigenvalue weighted by molar-refractivity contribution is 7.89. The number of hydrogen-bond donors (Lipinski definition) is 1. The lowest BCUT2D eigenvalue weighted by Gasteiger charge is -2.24. The van der Waals surface area contributed by atoms with Crippen LogP contribution in [0.2, 0.25) is 5.02 Å². The molecule has 0 radical (unpaired) electrons. The Hall–Kier alpha value is -1.15. The predicted molar refractivity (Wildman–Crippen MR) is 105 cm³/mol. The summed E-state index contributed by atoms with van der Waals surface area (Å²) in [5.74, 6) is -0.159. The molecular weight excluding hydrogens is 374 g/mol. The molecular formula is C18H28ClN3O3S. The summed E-state index contributed by atoms with van der Waals surface area (Å²) in [6.45, 7) is 2.77. The lowest BCUT2D eigenvalue weighted by molar-refractivity contribution is -0.116. The zero-order valence-electron chi connectivity index (χ0n) is 15.5. The van der Waals surface area contributed by atoms with Crippen LogP contribution >= 0.6 is 11.6 Å². The first-order valence-electron chi connectivity index (χ1n) is 9.05. The highest BCUT2D eigenvalue weighted by Gasteiger charge is 2.19. The zero-order valence-corrected chi connectivity index (χ0v) is 17.1. The van der Waals surface area contributed by atoms with Crippen LogP contribution < -0.4 is 5.32 Å². The van der Waals surface area contributed by atoms with Crippen molar-refractivity contribution in [3.05, 3.63) is 23.2 Å². The van der Waals surface area contributed by atoms with Gasteiger partial charge in [-0.1, -0.05) is 30.9 Å². The maximum atomic E-state index is 12.3. The number of sulfonamides is 1. The van der Waals surface area contributed by atoms with E-state index >= 15 is 0 Å². The molecule has 1 saturated heterocycles. The predicted octanol–water partition coefficient (Wildman–Crippen LogP) is 3.19. The van der Waals surface area contributed by atoms with Gasteiger partial charge in [0.1, 0.15) is 0 Å². The van der Waals surface area contributed by atoms with Crippen molar-refractivity contribution < 1.29 is 13.2 Å². The van der Waals surface area contributed by atoms with Gasteiger partial charge in [-0.05, 0) is 44.1 Å². The summed E-state index contributed by atoms with van der Waals surface area (Å²) in [5, 5.41) is 3.07. The smallest absolute Gasteiger partial charge is 0.242 e. The molecule has 0 aliphatic carbocycles. The summed E-state index contributed by atoms with van der Waals surface area (Å²) in [5.41, 5.74) is 0.326. The third-order valence-corrected chi connectivity index (χ3v) is 6.73. The molecule has 0 atom stereocenters. The van der Waals surface area contributed by atoms with Crippen molar-refractivity contribution in [3.63, 3.8) is 0 Å². The van der Waals surface area contributed by atoms with Crippen LogP contribution in [0.1, 0.15) is 38.5 Å². The minimum Gasteiger partial charge on any atom is -0.325 e. The second-order valence-corrected chi connectivity index (χ2v) is 9.40. The second kappa shape index (κ2) is 9.69. The highest BCUT2D eigenvalue weighted by Crippen LogP contribution is 2.26. The van der Waals surface area contributed by atoms with Crippen LogP contribution in [0, 0.1) is 0 Å². The summed E-state index contributed by atoms with van der Waals surface area (Å²) < 4.78 is 25.6. The Morgan fingerprint density at radius 1 is 1.15 bits per heavy atom. The fraction of sp³-hybridized carbons (Fsp3) is 0.611. The number of halogens is 1. The minimum absolute atomic E-state index is 0.103. The number of amides is 1. The van der Waals surface area contributed by atoms with Crippen LogP contribution in [0.3, 0.4) is 0 Å². The SMILES string of the molecule is CN(C)S(=O)(=O)c1ccc(Cl)c(NC(=O)CCN2CCCCCCC2)c1. The molecule has 1 amide bonds. The summed E-state index contributed by atoms with van der Waals surface area (Å²) in [4.78, 5) is 14.7. The third-order valence-electron chi connectivity index (χ3n) is 4.59. The molecule has 1 heterocycles. The van der Waals surface area contributed by atoms with Crippen molar-refractivity contribution in [1.29, 1.82) is 0 Å². The van der Waals surface area contributed by atoms with Crippen molar-refractivity contribution in [2.75, 3.05) is 39.0 Å². The molecule has 8 heteroatoms. The average molecular weight is 402 g/mol. The monoisotopic (exact) mass is 401 g/mol. The van der Waals surface area contributed by atoms with E-state index in [-0.39, 0.29) is 10.8 Å². The number of nitrogens with zero attached hydrogens (tertiary/aromatic N) is 2. The molecule has 2 rings (SSSR count). The molecule has 1 aromatic carbocycles. The first-order chi connectivity index (χ1) is 12.3. The van der Waals surface area contributed by atoms with Crippen LogP contribution in [0.15, 0.2) is 23.1 Å². The topological polar surface area (TPSA) is 69.7 Å². The first-order valence-corrected chi connectivity index (χ1v) is 10.9. The van der Waals surface area contributed by atoms with Crippen molar-refractivity contribution in [2.24, 2.45) is 0 Å². The lowest BCUT2D eigenvalue weighted by Crippen LogP contribution is -2.30. The minimum atomic E-state index is -3.57. The maximum absolute atomic E-state index is 12.3. The molecule has 6 nitrogen and oxygen atoms in total. The van der Waals surface area contributed by atoms with Crippen LogP contribution in [0.4, 0.5) is 5.69 Å². The van der Waals surface area contributed by atoms with Gasteiger partial charge in [0.05, 0.1) is 15.6 Å². The maximum Gasteiger partial charge on any atom is 0.242 e. The molecule has 1 aromatic rings. The van der Waals surface area contributed by atoms with E-state index in [9.17, 15) is 13.2 Å². The fourth-order valence-electron chi connectivity index (χ4n) is 2.98. The highest BCUT2D eigenvalue weighted by atomic mass is 35.5. The molecule has 1 N–H and O–H groups in total. The Labute approximate surface area is 161 Å². The van der Waals surface area contributed by atoms with Gasteiger partial charge in [-0.25, -0.2) is 12.7 Å². The van der Waals surface area contributed by atoms with Gasteiger partial charge in [0.25, 0.3) is 0 Å². The van der Waals surface area contributed by atoms with Crippen molar-refractivity contribution >= 4 is 33.2 Å². The molecule has 1 fully saturated rings. The number of benzene rings is 1. The Bertz CT molecular complexity index is 714. The second-order valence-electron chi connectivity index (χ2n) is 6.84. The van der Waals surface area contributed by atoms with Gasteiger partial charge < -0.3 is 10.2 Å². The summed E-state index contributed by atoms with van der Waals surface area (Å²) in [7, 11) is -0.646. The number of carbonyl (C=O) groups is 1. The van der Waals surface area contributed by atoms with E-state index in [0.717, 1.165) is 17.4 Å². The van der Waals surface area contributed by atoms with Gasteiger partial charge in [0.15, 0.2) is 0 Å². The Balaban J connectivity index is 1.97. The standard InChI is InChI=1S/C18H28ClN3O3S/c1-21(2)26(24,25)15-8-9-16(19)17(14-15)20-18(23)10-13-22-11-6-4-3-5-7-12-22/h8-9,14H,3-7,10-13H2,1-2H3,(H,20,23). The van der Waals surface area contributed by atoms with Gasteiger partial charge in [-0.2, -0.15) is 0 Å². The number of likely N-dealkylation sites (tertiary alicyclic amines) is 1. The molecule has 26 heavy (non-hydrogen) atoms. The average Bonchev–Trinajstić information content (AvgIpc) is 2.55. The fourth-order valence-corrected chi connectivity index (χ4v) is 4.07. The van der Waals surface area contributed by atoms with E-state index < -0.39 is 10.0 Å². The van der Waals surface area contributed by atoms with Crippen molar-refractivity contribution in [1.82, 2.24) is 9.21 Å². The van der Waals surface area contributed by atoms with Gasteiger partial charge >= 0.3 is 0 Å². The molecule has 0 bridgehead atoms. The van der Waals surface area contributed by atoms with E-state index in [2.05, 4.69) is 10.2 Å². The van der Waals surface area contributed by atoms with E-state index in [1.54, 1.807) is 0 Å². The molecule has 0 unspecified atom stereocenters.